The van der Waals surface area contributed by atoms with Crippen LogP contribution in [0.1, 0.15) is 19.4 Å². The summed E-state index contributed by atoms with van der Waals surface area (Å²) in [6.07, 6.45) is 1.54. The van der Waals surface area contributed by atoms with E-state index in [1.54, 1.807) is 31.4 Å². The van der Waals surface area contributed by atoms with E-state index in [0.717, 1.165) is 10.8 Å². The van der Waals surface area contributed by atoms with E-state index in [-0.39, 0.29) is 5.57 Å². The maximum Gasteiger partial charge on any atom is 0.266 e. The van der Waals surface area contributed by atoms with E-state index in [4.69, 9.17) is 9.47 Å². The van der Waals surface area contributed by atoms with Crippen LogP contribution in [0.4, 0.5) is 5.69 Å². The zero-order valence-electron chi connectivity index (χ0n) is 17.3. The van der Waals surface area contributed by atoms with Crippen molar-refractivity contribution in [1.82, 2.24) is 0 Å². The first kappa shape index (κ1) is 20.9. The number of rotatable bonds is 7. The van der Waals surface area contributed by atoms with Gasteiger partial charge in [-0.3, -0.25) is 4.79 Å². The van der Waals surface area contributed by atoms with Crippen LogP contribution in [-0.4, -0.2) is 19.6 Å². The Labute approximate surface area is 176 Å². The summed E-state index contributed by atoms with van der Waals surface area (Å²) in [4.78, 5) is 12.8. The summed E-state index contributed by atoms with van der Waals surface area (Å²) < 4.78 is 11.2. The summed E-state index contributed by atoms with van der Waals surface area (Å²) in [5.41, 5.74) is 1.34. The van der Waals surface area contributed by atoms with Crippen molar-refractivity contribution < 1.29 is 14.3 Å². The smallest absolute Gasteiger partial charge is 0.266 e. The number of amides is 1. The van der Waals surface area contributed by atoms with Gasteiger partial charge in [-0.25, -0.2) is 0 Å². The van der Waals surface area contributed by atoms with Crippen molar-refractivity contribution in [1.29, 1.82) is 5.26 Å². The Bertz CT molecular complexity index is 1120. The molecule has 0 atom stereocenters. The lowest BCUT2D eigenvalue weighted by Crippen LogP contribution is -2.13. The second kappa shape index (κ2) is 9.62. The maximum absolute atomic E-state index is 12.8. The van der Waals surface area contributed by atoms with Gasteiger partial charge in [0.25, 0.3) is 5.91 Å². The van der Waals surface area contributed by atoms with E-state index in [1.807, 2.05) is 48.5 Å². The van der Waals surface area contributed by atoms with E-state index in [9.17, 15) is 10.1 Å². The van der Waals surface area contributed by atoms with Gasteiger partial charge in [0.1, 0.15) is 11.6 Å². The summed E-state index contributed by atoms with van der Waals surface area (Å²) in [5.74, 6) is 1.07. The normalized spacial score (nSPS) is 11.2. The zero-order valence-corrected chi connectivity index (χ0v) is 17.3. The van der Waals surface area contributed by atoms with Gasteiger partial charge >= 0.3 is 0 Å². The lowest BCUT2D eigenvalue weighted by Gasteiger charge is -2.13. The largest absolute Gasteiger partial charge is 0.493 e. The van der Waals surface area contributed by atoms with Gasteiger partial charge in [-0.2, -0.15) is 5.26 Å². The van der Waals surface area contributed by atoms with Crippen LogP contribution in [0.25, 0.3) is 16.8 Å². The van der Waals surface area contributed by atoms with Crippen molar-refractivity contribution in [3.63, 3.8) is 0 Å². The number of anilines is 1. The second-order valence-corrected chi connectivity index (χ2v) is 7.27. The fourth-order valence-electron chi connectivity index (χ4n) is 2.99. The lowest BCUT2D eigenvalue weighted by molar-refractivity contribution is -0.112. The van der Waals surface area contributed by atoms with Gasteiger partial charge in [-0.15, -0.1) is 0 Å². The molecule has 3 aromatic carbocycles. The van der Waals surface area contributed by atoms with E-state index >= 15 is 0 Å². The third-order valence-electron chi connectivity index (χ3n) is 4.47. The molecule has 3 aromatic rings. The molecule has 0 aromatic heterocycles. The predicted molar refractivity (Wildman–Crippen MR) is 119 cm³/mol. The lowest BCUT2D eigenvalue weighted by atomic mass is 10.1. The number of methoxy groups -OCH3 is 1. The van der Waals surface area contributed by atoms with E-state index in [2.05, 4.69) is 19.2 Å². The number of fused-ring (bicyclic) bond motifs is 1. The molecule has 5 nitrogen and oxygen atoms in total. The SMILES string of the molecule is COc1ccc(/C=C(\C#N)C(=O)Nc2cccc3ccccc23)cc1OCC(C)C. The summed E-state index contributed by atoms with van der Waals surface area (Å²) in [6, 6.07) is 20.7. The van der Waals surface area contributed by atoms with Gasteiger partial charge in [0.05, 0.1) is 13.7 Å². The minimum Gasteiger partial charge on any atom is -0.493 e. The first-order valence-corrected chi connectivity index (χ1v) is 9.73. The summed E-state index contributed by atoms with van der Waals surface area (Å²) in [7, 11) is 1.57. The van der Waals surface area contributed by atoms with Crippen LogP contribution >= 0.6 is 0 Å². The number of benzene rings is 3. The average molecular weight is 400 g/mol. The summed E-state index contributed by atoms with van der Waals surface area (Å²) in [6.45, 7) is 4.65. The van der Waals surface area contributed by atoms with E-state index in [1.165, 1.54) is 0 Å². The van der Waals surface area contributed by atoms with Crippen LogP contribution in [0.3, 0.4) is 0 Å². The van der Waals surface area contributed by atoms with Crippen LogP contribution < -0.4 is 14.8 Å². The third kappa shape index (κ3) is 4.98. The molecule has 0 saturated heterocycles. The Morgan fingerprint density at radius 1 is 1.10 bits per heavy atom. The standard InChI is InChI=1S/C25H24N2O3/c1-17(2)16-30-24-14-18(11-12-23(24)29-3)13-20(15-26)25(28)27-22-10-6-8-19-7-4-5-9-21(19)22/h4-14,17H,16H2,1-3H3,(H,27,28)/b20-13+. The number of nitriles is 1. The van der Waals surface area contributed by atoms with Gasteiger partial charge < -0.3 is 14.8 Å². The second-order valence-electron chi connectivity index (χ2n) is 7.27. The minimum absolute atomic E-state index is 0.00270. The summed E-state index contributed by atoms with van der Waals surface area (Å²) in [5, 5.41) is 14.3. The van der Waals surface area contributed by atoms with Gasteiger partial charge in [0.15, 0.2) is 11.5 Å². The topological polar surface area (TPSA) is 71.3 Å². The number of hydrogen-bond acceptors (Lipinski definition) is 4. The van der Waals surface area contributed by atoms with Crippen molar-refractivity contribution in [3.05, 3.63) is 71.8 Å². The number of nitrogens with one attached hydrogen (secondary N) is 1. The van der Waals surface area contributed by atoms with Gasteiger partial charge in [-0.1, -0.05) is 56.3 Å². The molecule has 0 spiro atoms. The molecule has 1 amide bonds. The highest BCUT2D eigenvalue weighted by molar-refractivity contribution is 6.12. The number of nitrogens with zero attached hydrogens (tertiary/aromatic N) is 1. The molecule has 0 aliphatic carbocycles. The van der Waals surface area contributed by atoms with Crippen LogP contribution in [0.2, 0.25) is 0 Å². The molecule has 0 aliphatic heterocycles. The molecular formula is C25H24N2O3. The zero-order chi connectivity index (χ0) is 21.5. The van der Waals surface area contributed by atoms with Crippen LogP contribution in [-0.2, 0) is 4.79 Å². The monoisotopic (exact) mass is 400 g/mol. The highest BCUT2D eigenvalue weighted by atomic mass is 16.5. The quantitative estimate of drug-likeness (QED) is 0.424. The Morgan fingerprint density at radius 3 is 2.60 bits per heavy atom. The maximum atomic E-state index is 12.8. The van der Waals surface area contributed by atoms with Crippen molar-refractivity contribution in [2.45, 2.75) is 13.8 Å². The van der Waals surface area contributed by atoms with Crippen molar-refractivity contribution in [2.75, 3.05) is 19.0 Å². The molecule has 0 bridgehead atoms. The van der Waals surface area contributed by atoms with Crippen molar-refractivity contribution in [3.8, 4) is 17.6 Å². The number of hydrogen-bond donors (Lipinski definition) is 1. The molecule has 3 rings (SSSR count). The fourth-order valence-corrected chi connectivity index (χ4v) is 2.99. The Morgan fingerprint density at radius 2 is 1.87 bits per heavy atom. The fraction of sp³-hybridized carbons (Fsp3) is 0.200. The Balaban J connectivity index is 1.87. The van der Waals surface area contributed by atoms with Gasteiger partial charge in [0, 0.05) is 11.1 Å². The van der Waals surface area contributed by atoms with E-state index < -0.39 is 5.91 Å². The highest BCUT2D eigenvalue weighted by Crippen LogP contribution is 2.30. The Hall–Kier alpha value is -3.78. The molecule has 0 saturated carbocycles. The number of carbonyl (C=O) groups is 1. The molecular weight excluding hydrogens is 376 g/mol. The molecule has 5 heteroatoms. The van der Waals surface area contributed by atoms with Gasteiger partial charge in [-0.05, 0) is 41.1 Å². The molecule has 30 heavy (non-hydrogen) atoms. The van der Waals surface area contributed by atoms with Gasteiger partial charge in [0.2, 0.25) is 0 Å². The molecule has 0 aliphatic rings. The molecule has 0 heterocycles. The van der Waals surface area contributed by atoms with Crippen LogP contribution in [0, 0.1) is 17.2 Å². The van der Waals surface area contributed by atoms with E-state index in [0.29, 0.717) is 35.3 Å². The first-order valence-electron chi connectivity index (χ1n) is 9.73. The minimum atomic E-state index is -0.464. The molecule has 0 unspecified atom stereocenters. The van der Waals surface area contributed by atoms with Crippen molar-refractivity contribution in [2.24, 2.45) is 5.92 Å². The average Bonchev–Trinajstić information content (AvgIpc) is 2.76. The highest BCUT2D eigenvalue weighted by Gasteiger charge is 2.13. The third-order valence-corrected chi connectivity index (χ3v) is 4.47. The van der Waals surface area contributed by atoms with Crippen LogP contribution in [0.5, 0.6) is 11.5 Å². The molecule has 1 N–H and O–H groups in total. The first-order chi connectivity index (χ1) is 14.5. The number of ether oxygens (including phenoxy) is 2. The summed E-state index contributed by atoms with van der Waals surface area (Å²) >= 11 is 0. The molecule has 0 radical (unpaired) electrons. The molecule has 0 fully saturated rings. The Kier molecular flexibility index (Phi) is 6.71. The predicted octanol–water partition coefficient (Wildman–Crippen LogP) is 5.43. The van der Waals surface area contributed by atoms with Crippen LogP contribution in [0.15, 0.2) is 66.2 Å². The number of carbonyl (C=O) groups excluding carboxylic acids is 1. The molecule has 152 valence electrons. The van der Waals surface area contributed by atoms with Crippen molar-refractivity contribution >= 4 is 28.4 Å².